The van der Waals surface area contributed by atoms with Gasteiger partial charge in [0.05, 0.1) is 27.1 Å². The van der Waals surface area contributed by atoms with Crippen molar-refractivity contribution in [1.82, 2.24) is 0 Å². The number of rotatable bonds is 4. The van der Waals surface area contributed by atoms with Crippen LogP contribution in [0.15, 0.2) is 47.5 Å². The van der Waals surface area contributed by atoms with Crippen LogP contribution in [-0.4, -0.2) is 21.0 Å². The summed E-state index contributed by atoms with van der Waals surface area (Å²) >= 11 is 8.92. The van der Waals surface area contributed by atoms with Crippen molar-refractivity contribution in [3.63, 3.8) is 0 Å². The van der Waals surface area contributed by atoms with E-state index in [-0.39, 0.29) is 22.4 Å². The molecule has 1 N–H and O–H groups in total. The van der Waals surface area contributed by atoms with E-state index in [2.05, 4.69) is 10.3 Å². The molecule has 0 bridgehead atoms. The van der Waals surface area contributed by atoms with E-state index in [1.54, 1.807) is 11.8 Å². The second-order valence-electron chi connectivity index (χ2n) is 5.05. The highest BCUT2D eigenvalue weighted by molar-refractivity contribution is 8.38. The molecule has 9 heteroatoms. The third kappa shape index (κ3) is 4.53. The zero-order chi connectivity index (χ0) is 17.8. The van der Waals surface area contributed by atoms with Gasteiger partial charge in [-0.3, -0.25) is 14.9 Å². The molecule has 1 heterocycles. The Kier molecular flexibility index (Phi) is 5.62. The summed E-state index contributed by atoms with van der Waals surface area (Å²) in [5.74, 6) is 0.766. The number of nitro benzene ring substituents is 1. The van der Waals surface area contributed by atoms with Crippen molar-refractivity contribution in [3.8, 4) is 0 Å². The lowest BCUT2D eigenvalue weighted by molar-refractivity contribution is -0.384. The normalized spacial score (nSPS) is 12.9. The quantitative estimate of drug-likeness (QED) is 0.592. The number of para-hydroxylation sites is 1. The number of nitrogens with one attached hydrogen (secondary N) is 1. The van der Waals surface area contributed by atoms with Crippen LogP contribution in [0.3, 0.4) is 0 Å². The van der Waals surface area contributed by atoms with Crippen molar-refractivity contribution in [2.45, 2.75) is 5.75 Å². The summed E-state index contributed by atoms with van der Waals surface area (Å²) in [6.45, 7) is 0. The summed E-state index contributed by atoms with van der Waals surface area (Å²) in [6, 6.07) is 11.8. The lowest BCUT2D eigenvalue weighted by Crippen LogP contribution is -2.15. The van der Waals surface area contributed by atoms with E-state index in [4.69, 9.17) is 11.6 Å². The van der Waals surface area contributed by atoms with E-state index in [0.717, 1.165) is 15.8 Å². The van der Waals surface area contributed by atoms with Crippen LogP contribution >= 0.6 is 35.1 Å². The van der Waals surface area contributed by atoms with Gasteiger partial charge in [0.25, 0.3) is 5.69 Å². The Bertz CT molecular complexity index is 873. The van der Waals surface area contributed by atoms with E-state index in [9.17, 15) is 14.9 Å². The van der Waals surface area contributed by atoms with Gasteiger partial charge in [-0.25, -0.2) is 4.99 Å². The number of carbonyl (C=O) groups excluding carboxylic acids is 1. The molecular formula is C16H12ClN3O3S2. The van der Waals surface area contributed by atoms with Gasteiger partial charge in [-0.15, -0.1) is 0 Å². The monoisotopic (exact) mass is 393 g/mol. The predicted octanol–water partition coefficient (Wildman–Crippen LogP) is 4.85. The Labute approximate surface area is 157 Å². The molecule has 0 aromatic heterocycles. The first-order chi connectivity index (χ1) is 12.0. The third-order valence-corrected chi connectivity index (χ3v) is 5.88. The predicted molar refractivity (Wildman–Crippen MR) is 104 cm³/mol. The van der Waals surface area contributed by atoms with Crippen molar-refractivity contribution >= 4 is 62.5 Å². The van der Waals surface area contributed by atoms with E-state index >= 15 is 0 Å². The number of carbonyl (C=O) groups is 1. The molecule has 1 aliphatic heterocycles. The van der Waals surface area contributed by atoms with Gasteiger partial charge < -0.3 is 5.32 Å². The van der Waals surface area contributed by atoms with Gasteiger partial charge in [0, 0.05) is 17.9 Å². The average Bonchev–Trinajstić information content (AvgIpc) is 2.61. The molecular weight excluding hydrogens is 382 g/mol. The van der Waals surface area contributed by atoms with Crippen molar-refractivity contribution < 1.29 is 9.72 Å². The molecule has 1 aliphatic rings. The molecule has 3 rings (SSSR count). The molecule has 0 aliphatic carbocycles. The van der Waals surface area contributed by atoms with Crippen LogP contribution < -0.4 is 5.32 Å². The van der Waals surface area contributed by atoms with Crippen molar-refractivity contribution in [2.75, 3.05) is 11.1 Å². The van der Waals surface area contributed by atoms with Crippen molar-refractivity contribution in [1.29, 1.82) is 0 Å². The highest BCUT2D eigenvalue weighted by atomic mass is 35.5. The summed E-state index contributed by atoms with van der Waals surface area (Å²) in [5.41, 5.74) is 2.34. The highest BCUT2D eigenvalue weighted by Gasteiger charge is 2.15. The summed E-state index contributed by atoms with van der Waals surface area (Å²) in [7, 11) is 0. The molecule has 0 saturated carbocycles. The van der Waals surface area contributed by atoms with Crippen LogP contribution in [-0.2, 0) is 10.5 Å². The molecule has 2 aromatic carbocycles. The molecule has 0 atom stereocenters. The standard InChI is InChI=1S/C16H12ClN3O3S2/c17-12-7-11(20(22)23)5-6-14(12)18-15(21)9-25-16-19-13-4-2-1-3-10(13)8-24-16/h1-7H,8-9H2,(H,18,21). The van der Waals surface area contributed by atoms with Crippen LogP contribution in [0, 0.1) is 10.1 Å². The van der Waals surface area contributed by atoms with E-state index in [1.165, 1.54) is 35.5 Å². The average molecular weight is 394 g/mol. The minimum atomic E-state index is -0.538. The molecule has 0 fully saturated rings. The fraction of sp³-hybridized carbons (Fsp3) is 0.125. The van der Waals surface area contributed by atoms with Gasteiger partial charge in [-0.2, -0.15) is 0 Å². The number of anilines is 1. The largest absolute Gasteiger partial charge is 0.324 e. The summed E-state index contributed by atoms with van der Waals surface area (Å²) in [4.78, 5) is 26.8. The van der Waals surface area contributed by atoms with Crippen LogP contribution in [0.4, 0.5) is 17.1 Å². The first kappa shape index (κ1) is 17.8. The van der Waals surface area contributed by atoms with Crippen LogP contribution in [0.25, 0.3) is 0 Å². The SMILES string of the molecule is O=C(CSC1=Nc2ccccc2CS1)Nc1ccc([N+](=O)[O-])cc1Cl. The van der Waals surface area contributed by atoms with Crippen LogP contribution in [0.1, 0.15) is 5.56 Å². The second-order valence-corrected chi connectivity index (χ2v) is 7.65. The number of nitrogens with zero attached hydrogens (tertiary/aromatic N) is 2. The lowest BCUT2D eigenvalue weighted by atomic mass is 10.2. The minimum Gasteiger partial charge on any atom is -0.324 e. The molecule has 128 valence electrons. The highest BCUT2D eigenvalue weighted by Crippen LogP contribution is 2.34. The van der Waals surface area contributed by atoms with Gasteiger partial charge in [-0.1, -0.05) is 53.3 Å². The number of non-ortho nitro benzene ring substituents is 1. The van der Waals surface area contributed by atoms with Crippen LogP contribution in [0.2, 0.25) is 5.02 Å². The first-order valence-corrected chi connectivity index (χ1v) is 9.54. The number of halogens is 1. The molecule has 0 radical (unpaired) electrons. The number of amides is 1. The molecule has 2 aromatic rings. The molecule has 1 amide bonds. The Morgan fingerprint density at radius 3 is 2.92 bits per heavy atom. The summed E-state index contributed by atoms with van der Waals surface area (Å²) in [6.07, 6.45) is 0. The Balaban J connectivity index is 1.59. The minimum absolute atomic E-state index is 0.121. The maximum absolute atomic E-state index is 12.1. The second kappa shape index (κ2) is 7.90. The first-order valence-electron chi connectivity index (χ1n) is 7.19. The van der Waals surface area contributed by atoms with Gasteiger partial charge in [0.15, 0.2) is 0 Å². The van der Waals surface area contributed by atoms with Gasteiger partial charge in [0.1, 0.15) is 4.38 Å². The maximum Gasteiger partial charge on any atom is 0.271 e. The maximum atomic E-state index is 12.1. The van der Waals surface area contributed by atoms with Gasteiger partial charge in [0.2, 0.25) is 5.91 Å². The summed E-state index contributed by atoms with van der Waals surface area (Å²) < 4.78 is 0.837. The Hall–Kier alpha value is -2.03. The van der Waals surface area contributed by atoms with E-state index < -0.39 is 4.92 Å². The fourth-order valence-corrected chi connectivity index (χ4v) is 4.20. The molecule has 25 heavy (non-hydrogen) atoms. The molecule has 0 unspecified atom stereocenters. The number of thioether (sulfide) groups is 2. The topological polar surface area (TPSA) is 84.6 Å². The van der Waals surface area contributed by atoms with Crippen molar-refractivity contribution in [3.05, 3.63) is 63.2 Å². The number of hydrogen-bond donors (Lipinski definition) is 1. The molecule has 6 nitrogen and oxygen atoms in total. The smallest absolute Gasteiger partial charge is 0.271 e. The molecule has 0 saturated heterocycles. The molecule has 0 spiro atoms. The van der Waals surface area contributed by atoms with Gasteiger partial charge in [-0.05, 0) is 17.7 Å². The van der Waals surface area contributed by atoms with Gasteiger partial charge >= 0.3 is 0 Å². The fourth-order valence-electron chi connectivity index (χ4n) is 2.12. The van der Waals surface area contributed by atoms with Crippen molar-refractivity contribution in [2.24, 2.45) is 4.99 Å². The zero-order valence-corrected chi connectivity index (χ0v) is 15.2. The van der Waals surface area contributed by atoms with Crippen LogP contribution in [0.5, 0.6) is 0 Å². The number of nitro groups is 1. The summed E-state index contributed by atoms with van der Waals surface area (Å²) in [5, 5.41) is 13.5. The van der Waals surface area contributed by atoms with E-state index in [1.807, 2.05) is 24.3 Å². The number of hydrogen-bond acceptors (Lipinski definition) is 6. The Morgan fingerprint density at radius 2 is 2.16 bits per heavy atom. The Morgan fingerprint density at radius 1 is 1.36 bits per heavy atom. The van der Waals surface area contributed by atoms with E-state index in [0.29, 0.717) is 5.69 Å². The number of aliphatic imine (C=N–C) groups is 1. The lowest BCUT2D eigenvalue weighted by Gasteiger charge is -2.14. The number of benzene rings is 2. The third-order valence-electron chi connectivity index (χ3n) is 3.32. The number of fused-ring (bicyclic) bond motifs is 1. The zero-order valence-electron chi connectivity index (χ0n) is 12.8.